The predicted molar refractivity (Wildman–Crippen MR) is 89.9 cm³/mol. The van der Waals surface area contributed by atoms with Crippen molar-refractivity contribution in [1.82, 2.24) is 9.78 Å². The number of amides is 1. The Hall–Kier alpha value is -3.02. The molecule has 1 aliphatic carbocycles. The summed E-state index contributed by atoms with van der Waals surface area (Å²) in [6.45, 7) is 0. The zero-order chi connectivity index (χ0) is 17.4. The largest absolute Gasteiger partial charge is 0.306 e. The molecule has 0 atom stereocenters. The number of nitrogens with one attached hydrogen (secondary N) is 1. The van der Waals surface area contributed by atoms with Crippen molar-refractivity contribution in [3.8, 4) is 5.69 Å². The third kappa shape index (κ3) is 2.80. The van der Waals surface area contributed by atoms with Crippen LogP contribution in [-0.2, 0) is 12.8 Å². The molecule has 0 saturated heterocycles. The van der Waals surface area contributed by atoms with E-state index in [0.717, 1.165) is 48.3 Å². The molecule has 0 unspecified atom stereocenters. The number of fused-ring (bicyclic) bond motifs is 1. The molecule has 25 heavy (non-hydrogen) atoms. The normalized spacial score (nSPS) is 12.9. The van der Waals surface area contributed by atoms with Crippen LogP contribution in [0.3, 0.4) is 0 Å². The van der Waals surface area contributed by atoms with Gasteiger partial charge in [0, 0.05) is 11.6 Å². The van der Waals surface area contributed by atoms with Crippen LogP contribution in [-0.4, -0.2) is 15.7 Å². The van der Waals surface area contributed by atoms with Gasteiger partial charge >= 0.3 is 0 Å². The number of hydrogen-bond acceptors (Lipinski definition) is 2. The predicted octanol–water partition coefficient (Wildman–Crippen LogP) is 3.89. The third-order valence-corrected chi connectivity index (χ3v) is 4.32. The van der Waals surface area contributed by atoms with Crippen molar-refractivity contribution in [3.05, 3.63) is 77.0 Å². The molecular formula is C19H15F2N3O. The number of hydrogen-bond donors (Lipinski definition) is 1. The van der Waals surface area contributed by atoms with Gasteiger partial charge in [0.2, 0.25) is 0 Å². The number of carbonyl (C=O) groups excluding carboxylic acids is 1. The van der Waals surface area contributed by atoms with Crippen LogP contribution in [0.15, 0.2) is 48.5 Å². The van der Waals surface area contributed by atoms with Gasteiger partial charge in [0.25, 0.3) is 5.91 Å². The van der Waals surface area contributed by atoms with E-state index in [9.17, 15) is 13.6 Å². The second-order valence-electron chi connectivity index (χ2n) is 5.95. The first-order valence-electron chi connectivity index (χ1n) is 8.06. The van der Waals surface area contributed by atoms with E-state index in [1.807, 2.05) is 30.3 Å². The van der Waals surface area contributed by atoms with Crippen LogP contribution in [0.1, 0.15) is 28.0 Å². The first kappa shape index (κ1) is 15.5. The maximum atomic E-state index is 13.9. The topological polar surface area (TPSA) is 46.9 Å². The van der Waals surface area contributed by atoms with E-state index in [4.69, 9.17) is 0 Å². The maximum absolute atomic E-state index is 13.9. The Bertz CT molecular complexity index is 951. The van der Waals surface area contributed by atoms with Crippen molar-refractivity contribution in [3.63, 3.8) is 0 Å². The number of para-hydroxylation sites is 1. The summed E-state index contributed by atoms with van der Waals surface area (Å²) in [7, 11) is 0. The third-order valence-electron chi connectivity index (χ3n) is 4.32. The van der Waals surface area contributed by atoms with Crippen molar-refractivity contribution >= 4 is 11.7 Å². The van der Waals surface area contributed by atoms with Gasteiger partial charge in [-0.2, -0.15) is 5.10 Å². The van der Waals surface area contributed by atoms with Gasteiger partial charge in [-0.3, -0.25) is 4.79 Å². The molecule has 1 aromatic heterocycles. The number of rotatable bonds is 3. The van der Waals surface area contributed by atoms with Crippen LogP contribution >= 0.6 is 0 Å². The molecule has 0 bridgehead atoms. The van der Waals surface area contributed by atoms with E-state index in [2.05, 4.69) is 10.4 Å². The monoisotopic (exact) mass is 339 g/mol. The molecule has 126 valence electrons. The molecule has 3 aromatic rings. The summed E-state index contributed by atoms with van der Waals surface area (Å²) in [4.78, 5) is 12.5. The van der Waals surface area contributed by atoms with Crippen molar-refractivity contribution in [2.75, 3.05) is 5.32 Å². The first-order chi connectivity index (χ1) is 12.1. The van der Waals surface area contributed by atoms with E-state index < -0.39 is 17.5 Å². The van der Waals surface area contributed by atoms with Gasteiger partial charge in [-0.15, -0.1) is 0 Å². The lowest BCUT2D eigenvalue weighted by atomic mass is 10.2. The Morgan fingerprint density at radius 3 is 2.64 bits per heavy atom. The van der Waals surface area contributed by atoms with Crippen molar-refractivity contribution < 1.29 is 13.6 Å². The average molecular weight is 339 g/mol. The van der Waals surface area contributed by atoms with E-state index in [-0.39, 0.29) is 5.56 Å². The number of anilines is 1. The molecule has 0 saturated carbocycles. The molecule has 1 amide bonds. The van der Waals surface area contributed by atoms with Crippen LogP contribution in [0.25, 0.3) is 5.69 Å². The fraction of sp³-hybridized carbons (Fsp3) is 0.158. The van der Waals surface area contributed by atoms with Gasteiger partial charge < -0.3 is 5.32 Å². The van der Waals surface area contributed by atoms with Crippen LogP contribution < -0.4 is 5.32 Å². The second kappa shape index (κ2) is 6.12. The summed E-state index contributed by atoms with van der Waals surface area (Å²) in [5, 5.41) is 7.36. The molecule has 0 spiro atoms. The summed E-state index contributed by atoms with van der Waals surface area (Å²) in [6.07, 6.45) is 2.63. The van der Waals surface area contributed by atoms with Crippen LogP contribution in [0.4, 0.5) is 14.6 Å². The highest BCUT2D eigenvalue weighted by molar-refractivity contribution is 6.04. The van der Waals surface area contributed by atoms with Gasteiger partial charge in [0.1, 0.15) is 17.5 Å². The fourth-order valence-electron chi connectivity index (χ4n) is 3.12. The highest BCUT2D eigenvalue weighted by atomic mass is 19.1. The van der Waals surface area contributed by atoms with Gasteiger partial charge in [-0.05, 0) is 43.5 Å². The summed E-state index contributed by atoms with van der Waals surface area (Å²) < 4.78 is 28.6. The van der Waals surface area contributed by atoms with Crippen molar-refractivity contribution in [1.29, 1.82) is 0 Å². The summed E-state index contributed by atoms with van der Waals surface area (Å²) >= 11 is 0. The van der Waals surface area contributed by atoms with Crippen LogP contribution in [0.2, 0.25) is 0 Å². The number of benzene rings is 2. The standard InChI is InChI=1S/C19H15F2N3O/c20-12-9-10-14(16(21)11-12)19(25)22-18-15-7-4-8-17(15)23-24(18)13-5-2-1-3-6-13/h1-3,5-6,9-11H,4,7-8H2,(H,22,25). The quantitative estimate of drug-likeness (QED) is 0.787. The van der Waals surface area contributed by atoms with Gasteiger partial charge in [0.15, 0.2) is 0 Å². The highest BCUT2D eigenvalue weighted by Gasteiger charge is 2.25. The van der Waals surface area contributed by atoms with Gasteiger partial charge in [-0.1, -0.05) is 18.2 Å². The minimum atomic E-state index is -0.889. The Morgan fingerprint density at radius 1 is 1.08 bits per heavy atom. The molecule has 1 aliphatic rings. The molecular weight excluding hydrogens is 324 g/mol. The Morgan fingerprint density at radius 2 is 1.88 bits per heavy atom. The van der Waals surface area contributed by atoms with E-state index >= 15 is 0 Å². The SMILES string of the molecule is O=C(Nc1c2c(nn1-c1ccccc1)CCC2)c1ccc(F)cc1F. The minimum Gasteiger partial charge on any atom is -0.306 e. The van der Waals surface area contributed by atoms with E-state index in [1.54, 1.807) is 4.68 Å². The number of halogens is 2. The smallest absolute Gasteiger partial charge is 0.259 e. The molecule has 1 N–H and O–H groups in total. The molecule has 6 heteroatoms. The Kier molecular flexibility index (Phi) is 3.80. The summed E-state index contributed by atoms with van der Waals surface area (Å²) in [5.74, 6) is -1.68. The lowest BCUT2D eigenvalue weighted by molar-refractivity contribution is 0.102. The number of carbonyl (C=O) groups is 1. The van der Waals surface area contributed by atoms with E-state index in [0.29, 0.717) is 11.9 Å². The molecule has 4 nitrogen and oxygen atoms in total. The van der Waals surface area contributed by atoms with Crippen molar-refractivity contribution in [2.45, 2.75) is 19.3 Å². The summed E-state index contributed by atoms with van der Waals surface area (Å²) in [6, 6.07) is 12.3. The number of nitrogens with zero attached hydrogens (tertiary/aromatic N) is 2. The lowest BCUT2D eigenvalue weighted by Gasteiger charge is -2.11. The zero-order valence-electron chi connectivity index (χ0n) is 13.3. The fourth-order valence-corrected chi connectivity index (χ4v) is 3.12. The minimum absolute atomic E-state index is 0.200. The summed E-state index contributed by atoms with van der Waals surface area (Å²) in [5.41, 5.74) is 2.53. The lowest BCUT2D eigenvalue weighted by Crippen LogP contribution is -2.17. The first-order valence-corrected chi connectivity index (χ1v) is 8.06. The second-order valence-corrected chi connectivity index (χ2v) is 5.95. The average Bonchev–Trinajstić information content (AvgIpc) is 3.18. The molecule has 0 aliphatic heterocycles. The number of aromatic nitrogens is 2. The Balaban J connectivity index is 1.74. The van der Waals surface area contributed by atoms with Crippen LogP contribution in [0.5, 0.6) is 0 Å². The molecule has 4 rings (SSSR count). The van der Waals surface area contributed by atoms with Gasteiger partial charge in [-0.25, -0.2) is 13.5 Å². The Labute approximate surface area is 143 Å². The molecule has 0 radical (unpaired) electrons. The molecule has 0 fully saturated rings. The number of aryl methyl sites for hydroxylation is 1. The van der Waals surface area contributed by atoms with Crippen LogP contribution in [0, 0.1) is 11.6 Å². The zero-order valence-corrected chi connectivity index (χ0v) is 13.3. The van der Waals surface area contributed by atoms with Gasteiger partial charge in [0.05, 0.1) is 16.9 Å². The van der Waals surface area contributed by atoms with Crippen molar-refractivity contribution in [2.24, 2.45) is 0 Å². The highest BCUT2D eigenvalue weighted by Crippen LogP contribution is 2.31. The van der Waals surface area contributed by atoms with E-state index in [1.165, 1.54) is 0 Å². The molecule has 1 heterocycles. The molecule has 2 aromatic carbocycles. The maximum Gasteiger partial charge on any atom is 0.259 e.